The molecule has 1 heterocycles. The van der Waals surface area contributed by atoms with E-state index in [-0.39, 0.29) is 18.1 Å². The Balaban J connectivity index is 2.22. The van der Waals surface area contributed by atoms with E-state index < -0.39 is 0 Å². The Bertz CT molecular complexity index is 681. The van der Waals surface area contributed by atoms with Crippen LogP contribution in [0.4, 0.5) is 11.4 Å². The summed E-state index contributed by atoms with van der Waals surface area (Å²) in [4.78, 5) is 25.6. The van der Waals surface area contributed by atoms with Crippen LogP contribution in [0.5, 0.6) is 0 Å². The summed E-state index contributed by atoms with van der Waals surface area (Å²) in [5.41, 5.74) is 1.76. The molecule has 0 aliphatic carbocycles. The normalized spacial score (nSPS) is 14.5. The fourth-order valence-corrected chi connectivity index (χ4v) is 2.47. The third kappa shape index (κ3) is 1.92. The molecule has 4 heteroatoms. The maximum atomic E-state index is 12.2. The fraction of sp³-hybridized carbons (Fsp3) is 0.0667. The first-order valence-corrected chi connectivity index (χ1v) is 6.26. The average molecular weight is 272 g/mol. The molecule has 0 aromatic heterocycles. The third-order valence-electron chi connectivity index (χ3n) is 3.10. The van der Waals surface area contributed by atoms with Gasteiger partial charge in [-0.05, 0) is 24.3 Å². The van der Waals surface area contributed by atoms with Gasteiger partial charge in [-0.2, -0.15) is 0 Å². The van der Waals surface area contributed by atoms with Crippen LogP contribution in [-0.4, -0.2) is 11.7 Å². The number of Topliss-reactive ketones (excluding diaryl/α,β-unsaturated/α-hetero) is 1. The van der Waals surface area contributed by atoms with Gasteiger partial charge in [-0.1, -0.05) is 35.9 Å². The van der Waals surface area contributed by atoms with Crippen molar-refractivity contribution in [1.29, 1.82) is 0 Å². The molecule has 0 unspecified atom stereocenters. The summed E-state index contributed by atoms with van der Waals surface area (Å²) in [5.74, 6) is -0.402. The monoisotopic (exact) mass is 271 g/mol. The number of halogens is 1. The Kier molecular flexibility index (Phi) is 2.84. The van der Waals surface area contributed by atoms with Crippen LogP contribution in [0.3, 0.4) is 0 Å². The summed E-state index contributed by atoms with van der Waals surface area (Å²) in [6, 6.07) is 14.2. The molecule has 1 aliphatic heterocycles. The van der Waals surface area contributed by atoms with Crippen molar-refractivity contribution in [3.8, 4) is 0 Å². The average Bonchev–Trinajstić information content (AvgIpc) is 2.41. The van der Waals surface area contributed by atoms with Gasteiger partial charge in [0.05, 0.1) is 22.8 Å². The van der Waals surface area contributed by atoms with E-state index in [0.717, 1.165) is 0 Å². The number of para-hydroxylation sites is 2. The number of rotatable bonds is 1. The van der Waals surface area contributed by atoms with Crippen molar-refractivity contribution in [1.82, 2.24) is 0 Å². The number of nitrogens with zero attached hydrogens (tertiary/aromatic N) is 1. The van der Waals surface area contributed by atoms with Crippen LogP contribution >= 0.6 is 11.6 Å². The lowest BCUT2D eigenvalue weighted by molar-refractivity contribution is -0.117. The van der Waals surface area contributed by atoms with Crippen LogP contribution in [0.15, 0.2) is 48.5 Å². The summed E-state index contributed by atoms with van der Waals surface area (Å²) in [5, 5.41) is 0.486. The number of benzene rings is 2. The van der Waals surface area contributed by atoms with Crippen molar-refractivity contribution in [2.24, 2.45) is 0 Å². The SMILES string of the molecule is O=C1CC(=O)N(c2ccccc2Cl)c2ccccc21. The van der Waals surface area contributed by atoms with E-state index in [2.05, 4.69) is 0 Å². The van der Waals surface area contributed by atoms with Crippen molar-refractivity contribution >= 4 is 34.7 Å². The molecular weight excluding hydrogens is 262 g/mol. The lowest BCUT2D eigenvalue weighted by atomic mass is 9.99. The van der Waals surface area contributed by atoms with E-state index >= 15 is 0 Å². The minimum atomic E-state index is -0.253. The van der Waals surface area contributed by atoms with Gasteiger partial charge in [0, 0.05) is 5.56 Å². The molecule has 0 bridgehead atoms. The second-order valence-electron chi connectivity index (χ2n) is 4.30. The Labute approximate surface area is 115 Å². The minimum absolute atomic E-state index is 0.123. The van der Waals surface area contributed by atoms with Gasteiger partial charge in [0.25, 0.3) is 0 Å². The maximum absolute atomic E-state index is 12.2. The molecule has 94 valence electrons. The summed E-state index contributed by atoms with van der Waals surface area (Å²) < 4.78 is 0. The van der Waals surface area contributed by atoms with Gasteiger partial charge in [-0.15, -0.1) is 0 Å². The summed E-state index contributed by atoms with van der Waals surface area (Å²) in [6.45, 7) is 0. The molecule has 0 saturated heterocycles. The Morgan fingerprint density at radius 2 is 1.53 bits per heavy atom. The van der Waals surface area contributed by atoms with Gasteiger partial charge < -0.3 is 0 Å². The lowest BCUT2D eigenvalue weighted by Crippen LogP contribution is -2.33. The molecule has 0 fully saturated rings. The van der Waals surface area contributed by atoms with Crippen LogP contribution in [0.2, 0.25) is 5.02 Å². The highest BCUT2D eigenvalue weighted by atomic mass is 35.5. The molecule has 3 nitrogen and oxygen atoms in total. The maximum Gasteiger partial charge on any atom is 0.239 e. The fourth-order valence-electron chi connectivity index (χ4n) is 2.25. The predicted molar refractivity (Wildman–Crippen MR) is 74.0 cm³/mol. The Morgan fingerprint density at radius 1 is 0.895 bits per heavy atom. The first-order valence-electron chi connectivity index (χ1n) is 5.88. The smallest absolute Gasteiger partial charge is 0.239 e. The van der Waals surface area contributed by atoms with Gasteiger partial charge in [0.2, 0.25) is 5.91 Å². The standard InChI is InChI=1S/C15H10ClNO2/c16-11-6-2-4-8-13(11)17-12-7-3-1-5-10(12)14(18)9-15(17)19/h1-8H,9H2. The third-order valence-corrected chi connectivity index (χ3v) is 3.42. The summed E-state index contributed by atoms with van der Waals surface area (Å²) in [7, 11) is 0. The summed E-state index contributed by atoms with van der Waals surface area (Å²) >= 11 is 6.15. The van der Waals surface area contributed by atoms with Crippen molar-refractivity contribution in [3.05, 3.63) is 59.1 Å². The number of carbonyl (C=O) groups is 2. The zero-order chi connectivity index (χ0) is 13.4. The second kappa shape index (κ2) is 4.52. The highest BCUT2D eigenvalue weighted by molar-refractivity contribution is 6.35. The number of hydrogen-bond donors (Lipinski definition) is 0. The van der Waals surface area contributed by atoms with E-state index in [9.17, 15) is 9.59 Å². The van der Waals surface area contributed by atoms with Crippen LogP contribution in [-0.2, 0) is 4.79 Å². The van der Waals surface area contributed by atoms with Gasteiger partial charge >= 0.3 is 0 Å². The molecule has 2 aromatic carbocycles. The van der Waals surface area contributed by atoms with Crippen LogP contribution in [0.25, 0.3) is 0 Å². The largest absolute Gasteiger partial charge is 0.294 e. The number of ketones is 1. The number of anilines is 2. The van der Waals surface area contributed by atoms with Crippen LogP contribution in [0.1, 0.15) is 16.8 Å². The van der Waals surface area contributed by atoms with E-state index in [1.165, 1.54) is 4.90 Å². The van der Waals surface area contributed by atoms with Gasteiger partial charge in [-0.25, -0.2) is 0 Å². The molecule has 0 atom stereocenters. The highest BCUT2D eigenvalue weighted by Crippen LogP contribution is 2.37. The van der Waals surface area contributed by atoms with Crippen LogP contribution in [0, 0.1) is 0 Å². The molecule has 3 rings (SSSR count). The molecule has 1 amide bonds. The quantitative estimate of drug-likeness (QED) is 0.743. The van der Waals surface area contributed by atoms with E-state index in [4.69, 9.17) is 11.6 Å². The second-order valence-corrected chi connectivity index (χ2v) is 4.70. The first kappa shape index (κ1) is 11.9. The highest BCUT2D eigenvalue weighted by Gasteiger charge is 2.31. The topological polar surface area (TPSA) is 37.4 Å². The molecule has 2 aromatic rings. The molecule has 0 N–H and O–H groups in total. The Hall–Kier alpha value is -2.13. The summed E-state index contributed by atoms with van der Waals surface area (Å²) in [6.07, 6.45) is -0.123. The van der Waals surface area contributed by atoms with Crippen molar-refractivity contribution in [3.63, 3.8) is 0 Å². The van der Waals surface area contributed by atoms with Crippen molar-refractivity contribution in [2.45, 2.75) is 6.42 Å². The number of hydrogen-bond acceptors (Lipinski definition) is 2. The molecule has 1 aliphatic rings. The van der Waals surface area contributed by atoms with Gasteiger partial charge in [-0.3, -0.25) is 14.5 Å². The predicted octanol–water partition coefficient (Wildman–Crippen LogP) is 3.59. The molecule has 19 heavy (non-hydrogen) atoms. The number of carbonyl (C=O) groups excluding carboxylic acids is 2. The number of fused-ring (bicyclic) bond motifs is 1. The van der Waals surface area contributed by atoms with E-state index in [1.807, 2.05) is 6.07 Å². The van der Waals surface area contributed by atoms with Gasteiger partial charge in [0.15, 0.2) is 5.78 Å². The molecule has 0 radical (unpaired) electrons. The van der Waals surface area contributed by atoms with E-state index in [1.54, 1.807) is 42.5 Å². The van der Waals surface area contributed by atoms with Crippen molar-refractivity contribution in [2.75, 3.05) is 4.90 Å². The molecule has 0 spiro atoms. The first-order chi connectivity index (χ1) is 9.18. The number of amides is 1. The van der Waals surface area contributed by atoms with Crippen molar-refractivity contribution < 1.29 is 9.59 Å². The lowest BCUT2D eigenvalue weighted by Gasteiger charge is -2.29. The molecular formula is C15H10ClNO2. The van der Waals surface area contributed by atoms with E-state index in [0.29, 0.717) is 22.0 Å². The zero-order valence-electron chi connectivity index (χ0n) is 9.97. The zero-order valence-corrected chi connectivity index (χ0v) is 10.7. The van der Waals surface area contributed by atoms with Gasteiger partial charge in [0.1, 0.15) is 0 Å². The van der Waals surface area contributed by atoms with Crippen LogP contribution < -0.4 is 4.90 Å². The minimum Gasteiger partial charge on any atom is -0.294 e. The Morgan fingerprint density at radius 3 is 2.26 bits per heavy atom. The molecule has 0 saturated carbocycles.